The number of rotatable bonds is 6. The first-order valence-electron chi connectivity index (χ1n) is 7.44. The van der Waals surface area contributed by atoms with Gasteiger partial charge in [0.15, 0.2) is 5.82 Å². The van der Waals surface area contributed by atoms with E-state index >= 15 is 0 Å². The number of tetrazole rings is 1. The van der Waals surface area contributed by atoms with Gasteiger partial charge in [-0.1, -0.05) is 19.8 Å². The van der Waals surface area contributed by atoms with E-state index in [-0.39, 0.29) is 0 Å². The van der Waals surface area contributed by atoms with E-state index < -0.39 is 0 Å². The maximum Gasteiger partial charge on any atom is 0.186 e. The summed E-state index contributed by atoms with van der Waals surface area (Å²) >= 11 is 0. The van der Waals surface area contributed by atoms with Gasteiger partial charge >= 0.3 is 0 Å². The first-order valence-corrected chi connectivity index (χ1v) is 7.44. The van der Waals surface area contributed by atoms with Crippen LogP contribution in [0.5, 0.6) is 5.75 Å². The van der Waals surface area contributed by atoms with Gasteiger partial charge in [0, 0.05) is 5.69 Å². The van der Waals surface area contributed by atoms with Crippen molar-refractivity contribution in [1.82, 2.24) is 20.2 Å². The number of nitrogens with zero attached hydrogens (tertiary/aromatic N) is 4. The maximum absolute atomic E-state index is 5.90. The predicted molar refractivity (Wildman–Crippen MR) is 80.9 cm³/mol. The molecule has 1 fully saturated rings. The summed E-state index contributed by atoms with van der Waals surface area (Å²) < 4.78 is 7.35. The van der Waals surface area contributed by atoms with Gasteiger partial charge in [-0.2, -0.15) is 0 Å². The van der Waals surface area contributed by atoms with Crippen LogP contribution >= 0.6 is 0 Å². The van der Waals surface area contributed by atoms with Gasteiger partial charge < -0.3 is 10.5 Å². The van der Waals surface area contributed by atoms with E-state index in [1.165, 1.54) is 12.8 Å². The van der Waals surface area contributed by atoms with Crippen LogP contribution in [0.2, 0.25) is 0 Å². The molecule has 1 aromatic heterocycles. The first-order chi connectivity index (χ1) is 10.2. The summed E-state index contributed by atoms with van der Waals surface area (Å²) in [6.07, 6.45) is 4.81. The van der Waals surface area contributed by atoms with Crippen molar-refractivity contribution < 1.29 is 4.74 Å². The Kier molecular flexibility index (Phi) is 3.77. The Balaban J connectivity index is 1.99. The van der Waals surface area contributed by atoms with Gasteiger partial charge in [0.2, 0.25) is 0 Å². The van der Waals surface area contributed by atoms with Crippen molar-refractivity contribution in [2.24, 2.45) is 5.92 Å². The average Bonchev–Trinajstić information content (AvgIpc) is 3.19. The summed E-state index contributed by atoms with van der Waals surface area (Å²) in [5.74, 6) is 2.29. The summed E-state index contributed by atoms with van der Waals surface area (Å²) in [7, 11) is 1.64. The lowest BCUT2D eigenvalue weighted by atomic mass is 10.1. The third-order valence-electron chi connectivity index (χ3n) is 4.08. The summed E-state index contributed by atoms with van der Waals surface area (Å²) in [5.41, 5.74) is 7.42. The highest BCUT2D eigenvalue weighted by Gasteiger charge is 2.28. The number of anilines is 1. The third-order valence-corrected chi connectivity index (χ3v) is 4.08. The van der Waals surface area contributed by atoms with Gasteiger partial charge in [0.25, 0.3) is 0 Å². The van der Waals surface area contributed by atoms with Crippen molar-refractivity contribution in [3.8, 4) is 17.1 Å². The molecule has 21 heavy (non-hydrogen) atoms. The standard InChI is InChI=1S/C15H21N5O/c1-3-12(8-10-4-5-10)20-15(17-18-19-20)13-9-11(16)6-7-14(13)21-2/h6-7,9-10,12H,3-5,8,16H2,1-2H3. The fraction of sp³-hybridized carbons (Fsp3) is 0.533. The molecule has 1 atom stereocenters. The largest absolute Gasteiger partial charge is 0.496 e. The quantitative estimate of drug-likeness (QED) is 0.826. The van der Waals surface area contributed by atoms with Crippen LogP contribution in [0.4, 0.5) is 5.69 Å². The molecule has 0 saturated heterocycles. The highest BCUT2D eigenvalue weighted by atomic mass is 16.5. The van der Waals surface area contributed by atoms with Crippen LogP contribution in [0.15, 0.2) is 18.2 Å². The molecule has 1 unspecified atom stereocenters. The minimum Gasteiger partial charge on any atom is -0.496 e. The zero-order chi connectivity index (χ0) is 14.8. The molecule has 1 aliphatic rings. The molecule has 2 aromatic rings. The van der Waals surface area contributed by atoms with Crippen LogP contribution in [0.1, 0.15) is 38.6 Å². The zero-order valence-corrected chi connectivity index (χ0v) is 12.5. The average molecular weight is 287 g/mol. The monoisotopic (exact) mass is 287 g/mol. The Morgan fingerprint density at radius 3 is 2.90 bits per heavy atom. The molecule has 0 amide bonds. The van der Waals surface area contributed by atoms with Gasteiger partial charge in [-0.05, 0) is 47.4 Å². The van der Waals surface area contributed by atoms with Gasteiger partial charge in [-0.3, -0.25) is 0 Å². The first kappa shape index (κ1) is 13.9. The molecule has 1 heterocycles. The molecular weight excluding hydrogens is 266 g/mol. The number of benzene rings is 1. The van der Waals surface area contributed by atoms with E-state index in [2.05, 4.69) is 22.4 Å². The molecule has 6 heteroatoms. The van der Waals surface area contributed by atoms with Crippen LogP contribution in [-0.4, -0.2) is 27.3 Å². The fourth-order valence-corrected chi connectivity index (χ4v) is 2.69. The lowest BCUT2D eigenvalue weighted by molar-refractivity contribution is 0.386. The van der Waals surface area contributed by atoms with Gasteiger partial charge in [0.05, 0.1) is 18.7 Å². The topological polar surface area (TPSA) is 78.9 Å². The second-order valence-corrected chi connectivity index (χ2v) is 5.65. The van der Waals surface area contributed by atoms with Crippen molar-refractivity contribution in [3.05, 3.63) is 18.2 Å². The van der Waals surface area contributed by atoms with E-state index in [0.717, 1.165) is 35.9 Å². The molecule has 0 spiro atoms. The Bertz CT molecular complexity index is 620. The lowest BCUT2D eigenvalue weighted by Crippen LogP contribution is -2.13. The maximum atomic E-state index is 5.90. The Morgan fingerprint density at radius 2 is 2.24 bits per heavy atom. The van der Waals surface area contributed by atoms with E-state index in [9.17, 15) is 0 Å². The van der Waals surface area contributed by atoms with Gasteiger partial charge in [0.1, 0.15) is 5.75 Å². The van der Waals surface area contributed by atoms with Crippen LogP contribution in [0, 0.1) is 5.92 Å². The Labute approximate surface area is 124 Å². The lowest BCUT2D eigenvalue weighted by Gasteiger charge is -2.17. The molecule has 1 aliphatic carbocycles. The molecule has 0 bridgehead atoms. The van der Waals surface area contributed by atoms with Gasteiger partial charge in [-0.15, -0.1) is 5.10 Å². The van der Waals surface area contributed by atoms with Crippen molar-refractivity contribution in [3.63, 3.8) is 0 Å². The summed E-state index contributed by atoms with van der Waals surface area (Å²) in [6.45, 7) is 2.18. The van der Waals surface area contributed by atoms with E-state index in [1.54, 1.807) is 7.11 Å². The molecular formula is C15H21N5O. The number of nitrogen functional groups attached to an aromatic ring is 1. The van der Waals surface area contributed by atoms with Crippen LogP contribution in [0.3, 0.4) is 0 Å². The molecule has 2 N–H and O–H groups in total. The minimum absolute atomic E-state index is 0.327. The summed E-state index contributed by atoms with van der Waals surface area (Å²) in [4.78, 5) is 0. The summed E-state index contributed by atoms with van der Waals surface area (Å²) in [5, 5.41) is 12.3. The highest BCUT2D eigenvalue weighted by molar-refractivity contribution is 5.68. The normalized spacial score (nSPS) is 15.9. The summed E-state index contributed by atoms with van der Waals surface area (Å²) in [6, 6.07) is 5.86. The number of methoxy groups -OCH3 is 1. The Morgan fingerprint density at radius 1 is 1.43 bits per heavy atom. The van der Waals surface area contributed by atoms with Gasteiger partial charge in [-0.25, -0.2) is 4.68 Å². The van der Waals surface area contributed by atoms with E-state index in [0.29, 0.717) is 11.7 Å². The zero-order valence-electron chi connectivity index (χ0n) is 12.5. The second kappa shape index (κ2) is 5.71. The molecule has 0 aliphatic heterocycles. The fourth-order valence-electron chi connectivity index (χ4n) is 2.69. The molecule has 1 aromatic carbocycles. The third kappa shape index (κ3) is 2.84. The van der Waals surface area contributed by atoms with Crippen molar-refractivity contribution >= 4 is 5.69 Å². The molecule has 0 radical (unpaired) electrons. The number of hydrogen-bond donors (Lipinski definition) is 1. The highest BCUT2D eigenvalue weighted by Crippen LogP contribution is 2.39. The van der Waals surface area contributed by atoms with E-state index in [1.807, 2.05) is 22.9 Å². The smallest absolute Gasteiger partial charge is 0.186 e. The van der Waals surface area contributed by atoms with Crippen LogP contribution in [0.25, 0.3) is 11.4 Å². The SMILES string of the molecule is CCC(CC1CC1)n1nnnc1-c1cc(N)ccc1OC. The van der Waals surface area contributed by atoms with E-state index in [4.69, 9.17) is 10.5 Å². The second-order valence-electron chi connectivity index (χ2n) is 5.65. The van der Waals surface area contributed by atoms with Crippen molar-refractivity contribution in [2.75, 3.05) is 12.8 Å². The number of hydrogen-bond acceptors (Lipinski definition) is 5. The molecule has 1 saturated carbocycles. The minimum atomic E-state index is 0.327. The molecule has 3 rings (SSSR count). The number of ether oxygens (including phenoxy) is 1. The predicted octanol–water partition coefficient (Wildman–Crippen LogP) is 2.68. The van der Waals surface area contributed by atoms with Crippen molar-refractivity contribution in [2.45, 2.75) is 38.6 Å². The van der Waals surface area contributed by atoms with Crippen LogP contribution < -0.4 is 10.5 Å². The number of aromatic nitrogens is 4. The molecule has 6 nitrogen and oxygen atoms in total. The molecule has 112 valence electrons. The Hall–Kier alpha value is -2.11. The number of nitrogens with two attached hydrogens (primary N) is 1. The van der Waals surface area contributed by atoms with Crippen LogP contribution in [-0.2, 0) is 0 Å². The van der Waals surface area contributed by atoms with Crippen molar-refractivity contribution in [1.29, 1.82) is 0 Å².